The highest BCUT2D eigenvalue weighted by Gasteiger charge is 2.24. The van der Waals surface area contributed by atoms with Crippen LogP contribution in [0.25, 0.3) is 11.0 Å². The molecule has 1 aliphatic rings. The van der Waals surface area contributed by atoms with Gasteiger partial charge in [0, 0.05) is 13.1 Å². The van der Waals surface area contributed by atoms with E-state index in [-0.39, 0.29) is 12.3 Å². The summed E-state index contributed by atoms with van der Waals surface area (Å²) in [5.74, 6) is -0.292. The quantitative estimate of drug-likeness (QED) is 0.646. The van der Waals surface area contributed by atoms with Crippen molar-refractivity contribution in [2.45, 2.75) is 26.2 Å². The van der Waals surface area contributed by atoms with E-state index in [9.17, 15) is 9.59 Å². The molecule has 1 aromatic heterocycles. The molecule has 0 spiro atoms. The Bertz CT molecular complexity index is 1080. The number of nitrogens with one attached hydrogen (secondary N) is 1. The molecule has 154 valence electrons. The van der Waals surface area contributed by atoms with Crippen molar-refractivity contribution >= 4 is 34.4 Å². The lowest BCUT2D eigenvalue weighted by atomic mass is 10.1. The van der Waals surface area contributed by atoms with Gasteiger partial charge in [-0.2, -0.15) is 0 Å². The topological polar surface area (TPSA) is 84.4 Å². The van der Waals surface area contributed by atoms with E-state index in [1.807, 2.05) is 24.3 Å². The number of ether oxygens (including phenoxy) is 1. The molecule has 0 bridgehead atoms. The molecule has 1 amide bonds. The van der Waals surface area contributed by atoms with Gasteiger partial charge in [-0.25, -0.2) is 14.8 Å². The summed E-state index contributed by atoms with van der Waals surface area (Å²) in [5, 5.41) is 2.84. The molecule has 0 saturated carbocycles. The predicted molar refractivity (Wildman–Crippen MR) is 116 cm³/mol. The number of amides is 1. The second kappa shape index (κ2) is 8.90. The standard InChI is InChI=1S/C23H24N4O3/c1-2-30-23(29)16-10-4-5-11-17(16)26-22(28)20-21(27-14-8-3-9-15-27)25-19-13-7-6-12-18(19)24-20/h4-7,10-13H,2-3,8-9,14-15H2,1H3,(H,26,28). The fourth-order valence-corrected chi connectivity index (χ4v) is 3.63. The third-order valence-electron chi connectivity index (χ3n) is 5.09. The Labute approximate surface area is 175 Å². The lowest BCUT2D eigenvalue weighted by Gasteiger charge is -2.29. The fraction of sp³-hybridized carbons (Fsp3) is 0.304. The van der Waals surface area contributed by atoms with E-state index in [2.05, 4.69) is 15.2 Å². The summed E-state index contributed by atoms with van der Waals surface area (Å²) in [6, 6.07) is 14.3. The lowest BCUT2D eigenvalue weighted by molar-refractivity contribution is 0.0527. The largest absolute Gasteiger partial charge is 0.462 e. The van der Waals surface area contributed by atoms with Crippen molar-refractivity contribution in [3.8, 4) is 0 Å². The van der Waals surface area contributed by atoms with Crippen LogP contribution in [-0.2, 0) is 4.74 Å². The summed E-state index contributed by atoms with van der Waals surface area (Å²) < 4.78 is 5.11. The van der Waals surface area contributed by atoms with Crippen LogP contribution in [0.2, 0.25) is 0 Å². The second-order valence-corrected chi connectivity index (χ2v) is 7.15. The highest BCUT2D eigenvalue weighted by molar-refractivity contribution is 6.10. The SMILES string of the molecule is CCOC(=O)c1ccccc1NC(=O)c1nc2ccccc2nc1N1CCCCC1. The molecule has 0 unspecified atom stereocenters. The maximum absolute atomic E-state index is 13.3. The molecule has 1 saturated heterocycles. The highest BCUT2D eigenvalue weighted by Crippen LogP contribution is 2.25. The lowest BCUT2D eigenvalue weighted by Crippen LogP contribution is -2.33. The van der Waals surface area contributed by atoms with Gasteiger partial charge in [0.25, 0.3) is 5.91 Å². The Kier molecular flexibility index (Phi) is 5.88. The maximum atomic E-state index is 13.3. The van der Waals surface area contributed by atoms with Crippen molar-refractivity contribution in [2.75, 3.05) is 29.9 Å². The van der Waals surface area contributed by atoms with Gasteiger partial charge >= 0.3 is 5.97 Å². The molecule has 7 nitrogen and oxygen atoms in total. The van der Waals surface area contributed by atoms with Crippen molar-refractivity contribution in [1.29, 1.82) is 0 Å². The Balaban J connectivity index is 1.72. The number of anilines is 2. The smallest absolute Gasteiger partial charge is 0.340 e. The van der Waals surface area contributed by atoms with Gasteiger partial charge in [0.1, 0.15) is 0 Å². The molecule has 3 aromatic rings. The van der Waals surface area contributed by atoms with Crippen LogP contribution >= 0.6 is 0 Å². The van der Waals surface area contributed by atoms with Gasteiger partial charge in [-0.3, -0.25) is 4.79 Å². The Hall–Kier alpha value is -3.48. The molecule has 0 radical (unpaired) electrons. The van der Waals surface area contributed by atoms with Crippen LogP contribution in [0, 0.1) is 0 Å². The summed E-state index contributed by atoms with van der Waals surface area (Å²) in [6.07, 6.45) is 3.29. The molecule has 1 fully saturated rings. The van der Waals surface area contributed by atoms with E-state index in [1.165, 1.54) is 6.42 Å². The second-order valence-electron chi connectivity index (χ2n) is 7.15. The predicted octanol–water partition coefficient (Wildman–Crippen LogP) is 4.05. The molecule has 1 N–H and O–H groups in total. The molecule has 4 rings (SSSR count). The van der Waals surface area contributed by atoms with Crippen LogP contribution in [-0.4, -0.2) is 41.5 Å². The van der Waals surface area contributed by atoms with Crippen molar-refractivity contribution in [1.82, 2.24) is 9.97 Å². The molecule has 0 atom stereocenters. The van der Waals surface area contributed by atoms with Gasteiger partial charge in [0.2, 0.25) is 0 Å². The van der Waals surface area contributed by atoms with Crippen molar-refractivity contribution in [2.24, 2.45) is 0 Å². The number of piperidine rings is 1. The third kappa shape index (κ3) is 4.10. The first kappa shape index (κ1) is 19.8. The van der Waals surface area contributed by atoms with Crippen LogP contribution in [0.1, 0.15) is 47.0 Å². The molecule has 0 aliphatic carbocycles. The Morgan fingerprint density at radius 2 is 1.63 bits per heavy atom. The van der Waals surface area contributed by atoms with Gasteiger partial charge in [0.05, 0.1) is 28.9 Å². The molecule has 2 aromatic carbocycles. The van der Waals surface area contributed by atoms with E-state index in [0.717, 1.165) is 31.4 Å². The van der Waals surface area contributed by atoms with E-state index in [1.54, 1.807) is 31.2 Å². The monoisotopic (exact) mass is 404 g/mol. The van der Waals surface area contributed by atoms with E-state index in [0.29, 0.717) is 22.6 Å². The van der Waals surface area contributed by atoms with Crippen molar-refractivity contribution in [3.63, 3.8) is 0 Å². The summed E-state index contributed by atoms with van der Waals surface area (Å²) in [6.45, 7) is 3.68. The molecule has 1 aliphatic heterocycles. The summed E-state index contributed by atoms with van der Waals surface area (Å²) in [5.41, 5.74) is 2.36. The summed E-state index contributed by atoms with van der Waals surface area (Å²) in [4.78, 5) is 37.0. The van der Waals surface area contributed by atoms with Crippen LogP contribution in [0.15, 0.2) is 48.5 Å². The van der Waals surface area contributed by atoms with E-state index in [4.69, 9.17) is 9.72 Å². The number of carbonyl (C=O) groups excluding carboxylic acids is 2. The van der Waals surface area contributed by atoms with Gasteiger partial charge < -0.3 is 15.0 Å². The van der Waals surface area contributed by atoms with Crippen LogP contribution < -0.4 is 10.2 Å². The number of hydrogen-bond acceptors (Lipinski definition) is 6. The molecular weight excluding hydrogens is 380 g/mol. The van der Waals surface area contributed by atoms with Crippen LogP contribution in [0.4, 0.5) is 11.5 Å². The zero-order valence-electron chi connectivity index (χ0n) is 16.9. The molecule has 30 heavy (non-hydrogen) atoms. The molecule has 7 heteroatoms. The summed E-state index contributed by atoms with van der Waals surface area (Å²) >= 11 is 0. The average molecular weight is 404 g/mol. The number of aromatic nitrogens is 2. The van der Waals surface area contributed by atoms with Crippen LogP contribution in [0.3, 0.4) is 0 Å². The molecular formula is C23H24N4O3. The Morgan fingerprint density at radius 1 is 0.967 bits per heavy atom. The van der Waals surface area contributed by atoms with Gasteiger partial charge in [-0.15, -0.1) is 0 Å². The number of esters is 1. The van der Waals surface area contributed by atoms with Gasteiger partial charge in [-0.05, 0) is 50.5 Å². The van der Waals surface area contributed by atoms with E-state index < -0.39 is 11.9 Å². The average Bonchev–Trinajstić information content (AvgIpc) is 2.79. The maximum Gasteiger partial charge on any atom is 0.340 e. The number of hydrogen-bond donors (Lipinski definition) is 1. The third-order valence-corrected chi connectivity index (χ3v) is 5.09. The highest BCUT2D eigenvalue weighted by atomic mass is 16.5. The number of rotatable bonds is 5. The number of para-hydroxylation sites is 3. The number of benzene rings is 2. The number of fused-ring (bicyclic) bond motifs is 1. The van der Waals surface area contributed by atoms with Crippen LogP contribution in [0.5, 0.6) is 0 Å². The van der Waals surface area contributed by atoms with Crippen molar-refractivity contribution < 1.29 is 14.3 Å². The van der Waals surface area contributed by atoms with Gasteiger partial charge in [0.15, 0.2) is 11.5 Å². The normalized spacial score (nSPS) is 13.8. The number of carbonyl (C=O) groups is 2. The minimum absolute atomic E-state index is 0.259. The fourth-order valence-electron chi connectivity index (χ4n) is 3.63. The van der Waals surface area contributed by atoms with Gasteiger partial charge in [-0.1, -0.05) is 24.3 Å². The summed E-state index contributed by atoms with van der Waals surface area (Å²) in [7, 11) is 0. The zero-order chi connectivity index (χ0) is 20.9. The Morgan fingerprint density at radius 3 is 2.37 bits per heavy atom. The first-order valence-corrected chi connectivity index (χ1v) is 10.3. The minimum Gasteiger partial charge on any atom is -0.462 e. The zero-order valence-corrected chi connectivity index (χ0v) is 16.9. The van der Waals surface area contributed by atoms with E-state index >= 15 is 0 Å². The number of nitrogens with zero attached hydrogens (tertiary/aromatic N) is 3. The van der Waals surface area contributed by atoms with Crippen molar-refractivity contribution in [3.05, 3.63) is 59.8 Å². The first-order chi connectivity index (χ1) is 14.7. The minimum atomic E-state index is -0.478. The molecule has 2 heterocycles. The first-order valence-electron chi connectivity index (χ1n) is 10.3.